The molecule has 22 heavy (non-hydrogen) atoms. The number of rotatable bonds is 6. The third-order valence-electron chi connectivity index (χ3n) is 3.44. The van der Waals surface area contributed by atoms with Gasteiger partial charge in [0.1, 0.15) is 0 Å². The lowest BCUT2D eigenvalue weighted by atomic mass is 10.1. The van der Waals surface area contributed by atoms with Crippen molar-refractivity contribution in [2.75, 3.05) is 6.54 Å². The Morgan fingerprint density at radius 2 is 1.95 bits per heavy atom. The highest BCUT2D eigenvalue weighted by Gasteiger charge is 2.06. The molecule has 3 rings (SSSR count). The van der Waals surface area contributed by atoms with E-state index in [2.05, 4.69) is 27.5 Å². The maximum absolute atomic E-state index is 10.1. The van der Waals surface area contributed by atoms with E-state index in [1.807, 2.05) is 41.2 Å². The molecule has 0 bridgehead atoms. The van der Waals surface area contributed by atoms with Gasteiger partial charge in [-0.25, -0.2) is 4.68 Å². The molecule has 0 aliphatic carbocycles. The summed E-state index contributed by atoms with van der Waals surface area (Å²) in [6.45, 7) is 1.19. The van der Waals surface area contributed by atoms with Crippen LogP contribution in [0.15, 0.2) is 67.3 Å². The predicted octanol–water partition coefficient (Wildman–Crippen LogP) is 2.09. The minimum absolute atomic E-state index is 0.496. The predicted molar refractivity (Wildman–Crippen MR) is 84.5 cm³/mol. The third-order valence-corrected chi connectivity index (χ3v) is 3.44. The van der Waals surface area contributed by atoms with Gasteiger partial charge in [0.25, 0.3) is 0 Å². The van der Waals surface area contributed by atoms with Crippen LogP contribution in [0.4, 0.5) is 0 Å². The first-order chi connectivity index (χ1) is 10.8. The van der Waals surface area contributed by atoms with E-state index in [1.165, 1.54) is 0 Å². The second kappa shape index (κ2) is 6.98. The third kappa shape index (κ3) is 3.58. The second-order valence-corrected chi connectivity index (χ2v) is 5.05. The van der Waals surface area contributed by atoms with Gasteiger partial charge in [0.2, 0.25) is 0 Å². The van der Waals surface area contributed by atoms with Crippen molar-refractivity contribution in [3.8, 4) is 5.69 Å². The van der Waals surface area contributed by atoms with Crippen LogP contribution in [0.5, 0.6) is 0 Å². The number of pyridine rings is 1. The molecule has 2 aromatic heterocycles. The second-order valence-electron chi connectivity index (χ2n) is 5.05. The van der Waals surface area contributed by atoms with E-state index < -0.39 is 6.10 Å². The first-order valence-electron chi connectivity index (χ1n) is 7.20. The number of nitrogens with zero attached hydrogens (tertiary/aromatic N) is 3. The molecule has 0 amide bonds. The molecule has 1 aromatic carbocycles. The summed E-state index contributed by atoms with van der Waals surface area (Å²) in [7, 11) is 0. The molecule has 5 heteroatoms. The maximum Gasteiger partial charge on any atom is 0.0915 e. The molecule has 0 fully saturated rings. The highest BCUT2D eigenvalue weighted by Crippen LogP contribution is 2.12. The Balaban J connectivity index is 1.57. The van der Waals surface area contributed by atoms with Crippen molar-refractivity contribution >= 4 is 0 Å². The number of aliphatic hydroxyl groups excluding tert-OH is 1. The van der Waals surface area contributed by atoms with Crippen molar-refractivity contribution in [3.63, 3.8) is 0 Å². The lowest BCUT2D eigenvalue weighted by molar-refractivity contribution is 0.174. The van der Waals surface area contributed by atoms with Crippen LogP contribution < -0.4 is 5.32 Å². The summed E-state index contributed by atoms with van der Waals surface area (Å²) >= 11 is 0. The van der Waals surface area contributed by atoms with Gasteiger partial charge in [0.05, 0.1) is 11.8 Å². The zero-order valence-corrected chi connectivity index (χ0v) is 12.1. The number of benzene rings is 1. The van der Waals surface area contributed by atoms with E-state index in [0.29, 0.717) is 13.1 Å². The summed E-state index contributed by atoms with van der Waals surface area (Å²) in [5.74, 6) is 0. The quantitative estimate of drug-likeness (QED) is 0.731. The van der Waals surface area contributed by atoms with Crippen molar-refractivity contribution in [1.82, 2.24) is 20.1 Å². The van der Waals surface area contributed by atoms with Crippen molar-refractivity contribution in [2.24, 2.45) is 0 Å². The molecule has 0 spiro atoms. The molecular formula is C17H18N4O. The van der Waals surface area contributed by atoms with Gasteiger partial charge in [0, 0.05) is 37.9 Å². The summed E-state index contributed by atoms with van der Waals surface area (Å²) < 4.78 is 1.83. The smallest absolute Gasteiger partial charge is 0.0915 e. The Kier molecular flexibility index (Phi) is 4.58. The van der Waals surface area contributed by atoms with Crippen LogP contribution >= 0.6 is 0 Å². The minimum atomic E-state index is -0.530. The van der Waals surface area contributed by atoms with Crippen LogP contribution in [0.1, 0.15) is 17.2 Å². The molecule has 112 valence electrons. The minimum Gasteiger partial charge on any atom is -0.387 e. The SMILES string of the molecule is OC(CNCc1cccc(-n2cccn2)c1)c1ccncc1. The normalized spacial score (nSPS) is 12.2. The van der Waals surface area contributed by atoms with Gasteiger partial charge >= 0.3 is 0 Å². The van der Waals surface area contributed by atoms with Crippen LogP contribution in [-0.4, -0.2) is 26.4 Å². The van der Waals surface area contributed by atoms with Gasteiger partial charge in [-0.1, -0.05) is 12.1 Å². The highest BCUT2D eigenvalue weighted by molar-refractivity contribution is 5.35. The molecule has 1 unspecified atom stereocenters. The highest BCUT2D eigenvalue weighted by atomic mass is 16.3. The van der Waals surface area contributed by atoms with Crippen molar-refractivity contribution in [3.05, 3.63) is 78.4 Å². The first kappa shape index (κ1) is 14.4. The Morgan fingerprint density at radius 1 is 1.09 bits per heavy atom. The molecule has 2 N–H and O–H groups in total. The lowest BCUT2D eigenvalue weighted by Gasteiger charge is -2.12. The largest absolute Gasteiger partial charge is 0.387 e. The van der Waals surface area contributed by atoms with Crippen LogP contribution in [-0.2, 0) is 6.54 Å². The average Bonchev–Trinajstić information content (AvgIpc) is 3.10. The van der Waals surface area contributed by atoms with Crippen LogP contribution in [0.2, 0.25) is 0 Å². The number of aromatic nitrogens is 3. The molecule has 0 radical (unpaired) electrons. The lowest BCUT2D eigenvalue weighted by Crippen LogP contribution is -2.21. The zero-order valence-electron chi connectivity index (χ0n) is 12.1. The van der Waals surface area contributed by atoms with Gasteiger partial charge in [-0.3, -0.25) is 4.98 Å². The fourth-order valence-electron chi connectivity index (χ4n) is 2.29. The zero-order chi connectivity index (χ0) is 15.2. The number of hydrogen-bond donors (Lipinski definition) is 2. The average molecular weight is 294 g/mol. The molecule has 5 nitrogen and oxygen atoms in total. The summed E-state index contributed by atoms with van der Waals surface area (Å²) in [5, 5.41) is 17.6. The van der Waals surface area contributed by atoms with Gasteiger partial charge in [-0.15, -0.1) is 0 Å². The van der Waals surface area contributed by atoms with Gasteiger partial charge in [-0.2, -0.15) is 5.10 Å². The van der Waals surface area contributed by atoms with E-state index in [4.69, 9.17) is 0 Å². The van der Waals surface area contributed by atoms with Crippen LogP contribution in [0.3, 0.4) is 0 Å². The number of nitrogens with one attached hydrogen (secondary N) is 1. The summed E-state index contributed by atoms with van der Waals surface area (Å²) in [5.41, 5.74) is 3.04. The fraction of sp³-hybridized carbons (Fsp3) is 0.176. The van der Waals surface area contributed by atoms with E-state index in [0.717, 1.165) is 16.8 Å². The van der Waals surface area contributed by atoms with Crippen LogP contribution in [0, 0.1) is 0 Å². The van der Waals surface area contributed by atoms with Crippen LogP contribution in [0.25, 0.3) is 5.69 Å². The first-order valence-corrected chi connectivity index (χ1v) is 7.20. The monoisotopic (exact) mass is 294 g/mol. The van der Waals surface area contributed by atoms with Gasteiger partial charge < -0.3 is 10.4 Å². The summed E-state index contributed by atoms with van der Waals surface area (Å²) in [6, 6.07) is 13.7. The van der Waals surface area contributed by atoms with Crippen molar-refractivity contribution in [1.29, 1.82) is 0 Å². The molecule has 0 saturated heterocycles. The summed E-state index contributed by atoms with van der Waals surface area (Å²) in [6.07, 6.45) is 6.52. The molecule has 1 atom stereocenters. The van der Waals surface area contributed by atoms with E-state index >= 15 is 0 Å². The van der Waals surface area contributed by atoms with Crippen molar-refractivity contribution in [2.45, 2.75) is 12.6 Å². The Bertz CT molecular complexity index is 698. The molecule has 0 saturated carbocycles. The molecular weight excluding hydrogens is 276 g/mol. The summed E-state index contributed by atoms with van der Waals surface area (Å²) in [4.78, 5) is 3.95. The van der Waals surface area contributed by atoms with Gasteiger partial charge in [0.15, 0.2) is 0 Å². The Labute approximate surface area is 129 Å². The number of aliphatic hydroxyl groups is 1. The maximum atomic E-state index is 10.1. The van der Waals surface area contributed by atoms with Crippen molar-refractivity contribution < 1.29 is 5.11 Å². The van der Waals surface area contributed by atoms with Gasteiger partial charge in [-0.05, 0) is 41.5 Å². The topological polar surface area (TPSA) is 63.0 Å². The van der Waals surface area contributed by atoms with E-state index in [9.17, 15) is 5.11 Å². The number of hydrogen-bond acceptors (Lipinski definition) is 4. The molecule has 2 heterocycles. The Morgan fingerprint density at radius 3 is 2.73 bits per heavy atom. The fourth-order valence-corrected chi connectivity index (χ4v) is 2.29. The molecule has 0 aliphatic rings. The standard InChI is InChI=1S/C17H18N4O/c22-17(15-5-8-18-9-6-15)13-19-12-14-3-1-4-16(11-14)21-10-2-7-20-21/h1-11,17,19,22H,12-13H2. The molecule has 0 aliphatic heterocycles. The molecule has 3 aromatic rings. The van der Waals surface area contributed by atoms with E-state index in [-0.39, 0.29) is 0 Å². The van der Waals surface area contributed by atoms with E-state index in [1.54, 1.807) is 18.6 Å². The Hall–Kier alpha value is -2.50.